The average molecular weight is 412 g/mol. The minimum absolute atomic E-state index is 0.106. The zero-order valence-electron chi connectivity index (χ0n) is 15.8. The predicted octanol–water partition coefficient (Wildman–Crippen LogP) is 3.26. The minimum Gasteiger partial charge on any atom is -0.368 e. The number of nitrogens with zero attached hydrogens (tertiary/aromatic N) is 5. The van der Waals surface area contributed by atoms with E-state index in [0.29, 0.717) is 23.5 Å². The van der Waals surface area contributed by atoms with Crippen molar-refractivity contribution >= 4 is 35.1 Å². The van der Waals surface area contributed by atoms with Crippen LogP contribution in [0.4, 0.5) is 23.5 Å². The van der Waals surface area contributed by atoms with Gasteiger partial charge in [-0.3, -0.25) is 5.21 Å². The van der Waals surface area contributed by atoms with Gasteiger partial charge in [0.1, 0.15) is 0 Å². The van der Waals surface area contributed by atoms with Gasteiger partial charge in [-0.05, 0) is 29.8 Å². The number of nitrogens with one attached hydrogen (secondary N) is 2. The molecule has 0 unspecified atom stereocenters. The van der Waals surface area contributed by atoms with E-state index in [4.69, 9.17) is 11.6 Å². The molecule has 0 radical (unpaired) electrons. The van der Waals surface area contributed by atoms with Gasteiger partial charge in [-0.1, -0.05) is 41.9 Å². The second kappa shape index (κ2) is 8.93. The van der Waals surface area contributed by atoms with Crippen LogP contribution in [-0.2, 0) is 6.54 Å². The summed E-state index contributed by atoms with van der Waals surface area (Å²) in [6.07, 6.45) is 0. The second-order valence-electron chi connectivity index (χ2n) is 6.69. The number of halogens is 1. The van der Waals surface area contributed by atoms with Crippen molar-refractivity contribution in [2.24, 2.45) is 0 Å². The molecule has 1 aromatic heterocycles. The van der Waals surface area contributed by atoms with Gasteiger partial charge in [0, 0.05) is 43.4 Å². The molecular formula is C20H22ClN7O. The van der Waals surface area contributed by atoms with Crippen molar-refractivity contribution in [1.29, 1.82) is 0 Å². The molecule has 150 valence electrons. The number of hydrogen-bond acceptors (Lipinski definition) is 8. The maximum absolute atomic E-state index is 9.32. The summed E-state index contributed by atoms with van der Waals surface area (Å²) in [6.45, 7) is 3.79. The van der Waals surface area contributed by atoms with Crippen molar-refractivity contribution in [3.05, 3.63) is 65.2 Å². The fraction of sp³-hybridized carbons (Fsp3) is 0.250. The molecule has 0 amide bonds. The Morgan fingerprint density at radius 2 is 1.59 bits per heavy atom. The maximum atomic E-state index is 9.32. The fourth-order valence-corrected chi connectivity index (χ4v) is 3.48. The number of hydrogen-bond donors (Lipinski definition) is 3. The number of anilines is 4. The summed E-state index contributed by atoms with van der Waals surface area (Å²) in [5, 5.41) is 13.2. The van der Waals surface area contributed by atoms with Crippen molar-refractivity contribution in [3.63, 3.8) is 0 Å². The molecule has 1 aliphatic rings. The molecule has 3 aromatic rings. The highest BCUT2D eigenvalue weighted by Crippen LogP contribution is 2.20. The third kappa shape index (κ3) is 4.85. The average Bonchev–Trinajstić information content (AvgIpc) is 2.78. The Labute approximate surface area is 174 Å². The molecule has 2 aromatic carbocycles. The molecule has 0 atom stereocenters. The van der Waals surface area contributed by atoms with Crippen LogP contribution in [-0.4, -0.2) is 46.3 Å². The van der Waals surface area contributed by atoms with Crippen molar-refractivity contribution in [3.8, 4) is 0 Å². The Balaban J connectivity index is 1.44. The number of aromatic nitrogens is 3. The van der Waals surface area contributed by atoms with Crippen LogP contribution in [0.25, 0.3) is 0 Å². The smallest absolute Gasteiger partial charge is 0.253 e. The highest BCUT2D eigenvalue weighted by Gasteiger charge is 2.20. The number of benzene rings is 2. The molecule has 0 saturated carbocycles. The minimum atomic E-state index is 0.106. The summed E-state index contributed by atoms with van der Waals surface area (Å²) in [5.74, 6) is 1.02. The van der Waals surface area contributed by atoms with Crippen LogP contribution in [0, 0.1) is 0 Å². The summed E-state index contributed by atoms with van der Waals surface area (Å²) in [5.41, 5.74) is 4.25. The molecule has 2 heterocycles. The van der Waals surface area contributed by atoms with Gasteiger partial charge in [-0.2, -0.15) is 15.0 Å². The largest absolute Gasteiger partial charge is 0.368 e. The quantitative estimate of drug-likeness (QED) is 0.532. The Hall–Kier alpha value is -3.10. The summed E-state index contributed by atoms with van der Waals surface area (Å²) in [6, 6.07) is 17.9. The van der Waals surface area contributed by atoms with Crippen LogP contribution >= 0.6 is 11.6 Å². The van der Waals surface area contributed by atoms with E-state index in [1.165, 1.54) is 5.69 Å². The van der Waals surface area contributed by atoms with Crippen molar-refractivity contribution in [2.75, 3.05) is 46.8 Å². The van der Waals surface area contributed by atoms with Gasteiger partial charge in [-0.25, -0.2) is 5.48 Å². The standard InChI is InChI=1S/C20H22ClN7O/c21-16-6-4-5-15(13-16)14-22-18-23-19(26-29)25-20(24-18)28-11-9-27(10-12-28)17-7-2-1-3-8-17/h1-8,13,29H,9-12,14H2,(H2,22,23,24,25,26). The Kier molecular flexibility index (Phi) is 5.92. The fourth-order valence-electron chi connectivity index (χ4n) is 3.27. The van der Waals surface area contributed by atoms with Gasteiger partial charge in [-0.15, -0.1) is 0 Å². The third-order valence-corrected chi connectivity index (χ3v) is 4.98. The number of rotatable bonds is 6. The molecule has 0 bridgehead atoms. The van der Waals surface area contributed by atoms with Crippen LogP contribution < -0.4 is 20.6 Å². The lowest BCUT2D eigenvalue weighted by molar-refractivity contribution is 0.382. The van der Waals surface area contributed by atoms with E-state index in [2.05, 4.69) is 42.2 Å². The molecule has 4 rings (SSSR count). The predicted molar refractivity (Wildman–Crippen MR) is 115 cm³/mol. The van der Waals surface area contributed by atoms with E-state index < -0.39 is 0 Å². The van der Waals surface area contributed by atoms with E-state index in [0.717, 1.165) is 31.7 Å². The molecule has 0 aliphatic carbocycles. The van der Waals surface area contributed by atoms with Crippen LogP contribution in [0.1, 0.15) is 5.56 Å². The van der Waals surface area contributed by atoms with Crippen LogP contribution in [0.5, 0.6) is 0 Å². The van der Waals surface area contributed by atoms with Crippen molar-refractivity contribution in [1.82, 2.24) is 15.0 Å². The first kappa shape index (κ1) is 19.2. The van der Waals surface area contributed by atoms with Gasteiger partial charge in [0.15, 0.2) is 0 Å². The third-order valence-electron chi connectivity index (χ3n) is 4.75. The highest BCUT2D eigenvalue weighted by molar-refractivity contribution is 6.30. The van der Waals surface area contributed by atoms with Gasteiger partial charge in [0.25, 0.3) is 5.95 Å². The lowest BCUT2D eigenvalue weighted by Crippen LogP contribution is -2.47. The van der Waals surface area contributed by atoms with E-state index in [1.54, 1.807) is 0 Å². The first-order chi connectivity index (χ1) is 14.2. The van der Waals surface area contributed by atoms with Crippen LogP contribution in [0.15, 0.2) is 54.6 Å². The van der Waals surface area contributed by atoms with E-state index in [1.807, 2.05) is 47.9 Å². The van der Waals surface area contributed by atoms with Gasteiger partial charge in [0.05, 0.1) is 0 Å². The molecular weight excluding hydrogens is 390 g/mol. The molecule has 3 N–H and O–H groups in total. The Bertz CT molecular complexity index is 949. The molecule has 8 nitrogen and oxygen atoms in total. The summed E-state index contributed by atoms with van der Waals surface area (Å²) < 4.78 is 0. The first-order valence-corrected chi connectivity index (χ1v) is 9.78. The molecule has 1 fully saturated rings. The SMILES string of the molecule is ONc1nc(NCc2cccc(Cl)c2)nc(N2CCN(c3ccccc3)CC2)n1. The topological polar surface area (TPSA) is 89.4 Å². The summed E-state index contributed by atoms with van der Waals surface area (Å²) >= 11 is 6.03. The Morgan fingerprint density at radius 1 is 0.862 bits per heavy atom. The van der Waals surface area contributed by atoms with Crippen LogP contribution in [0.3, 0.4) is 0 Å². The van der Waals surface area contributed by atoms with Crippen molar-refractivity contribution in [2.45, 2.75) is 6.54 Å². The van der Waals surface area contributed by atoms with E-state index in [9.17, 15) is 5.21 Å². The lowest BCUT2D eigenvalue weighted by Gasteiger charge is -2.36. The molecule has 9 heteroatoms. The number of piperazine rings is 1. The molecule has 0 spiro atoms. The Morgan fingerprint density at radius 3 is 2.31 bits per heavy atom. The monoisotopic (exact) mass is 411 g/mol. The summed E-state index contributed by atoms with van der Waals surface area (Å²) in [4.78, 5) is 17.4. The van der Waals surface area contributed by atoms with E-state index >= 15 is 0 Å². The van der Waals surface area contributed by atoms with Crippen LogP contribution in [0.2, 0.25) is 5.02 Å². The normalized spacial score (nSPS) is 14.0. The maximum Gasteiger partial charge on any atom is 0.253 e. The zero-order chi connectivity index (χ0) is 20.1. The van der Waals surface area contributed by atoms with Gasteiger partial charge >= 0.3 is 0 Å². The second-order valence-corrected chi connectivity index (χ2v) is 7.12. The zero-order valence-corrected chi connectivity index (χ0v) is 16.5. The highest BCUT2D eigenvalue weighted by atomic mass is 35.5. The first-order valence-electron chi connectivity index (χ1n) is 9.41. The lowest BCUT2D eigenvalue weighted by atomic mass is 10.2. The molecule has 1 aliphatic heterocycles. The summed E-state index contributed by atoms with van der Waals surface area (Å²) in [7, 11) is 0. The molecule has 1 saturated heterocycles. The van der Waals surface area contributed by atoms with Gasteiger partial charge < -0.3 is 15.1 Å². The van der Waals surface area contributed by atoms with E-state index in [-0.39, 0.29) is 5.95 Å². The number of para-hydroxylation sites is 1. The van der Waals surface area contributed by atoms with Crippen molar-refractivity contribution < 1.29 is 5.21 Å². The van der Waals surface area contributed by atoms with Gasteiger partial charge in [0.2, 0.25) is 11.9 Å². The molecule has 29 heavy (non-hydrogen) atoms.